The first-order valence-electron chi connectivity index (χ1n) is 5.01. The molecule has 1 aromatic carbocycles. The predicted molar refractivity (Wildman–Crippen MR) is 72.0 cm³/mol. The summed E-state index contributed by atoms with van der Waals surface area (Å²) >= 11 is 6.49. The van der Waals surface area contributed by atoms with E-state index in [0.717, 1.165) is 17.4 Å². The molecule has 0 aliphatic rings. The maximum absolute atomic E-state index is 11.8. The number of thiophene rings is 1. The Balaban J connectivity index is 2.21. The highest BCUT2D eigenvalue weighted by molar-refractivity contribution is 7.18. The molecule has 0 aliphatic carbocycles. The Labute approximate surface area is 116 Å². The molecule has 1 aromatic heterocycles. The molecular weight excluding hydrogens is 292 g/mol. The Morgan fingerprint density at radius 1 is 1.42 bits per heavy atom. The fourth-order valence-electron chi connectivity index (χ4n) is 1.37. The smallest absolute Gasteiger partial charge is 0.299 e. The second kappa shape index (κ2) is 5.25. The molecule has 0 unspecified atom stereocenters. The van der Waals surface area contributed by atoms with Crippen LogP contribution in [0, 0.1) is 10.1 Å². The van der Waals surface area contributed by atoms with E-state index in [4.69, 9.17) is 11.6 Å². The molecular formula is C11H7ClN2O4S. The third-order valence-electron chi connectivity index (χ3n) is 2.19. The molecule has 0 fully saturated rings. The minimum atomic E-state index is -0.649. The van der Waals surface area contributed by atoms with Gasteiger partial charge < -0.3 is 10.4 Å². The van der Waals surface area contributed by atoms with Crippen molar-refractivity contribution in [2.24, 2.45) is 0 Å². The Hall–Kier alpha value is -2.12. The van der Waals surface area contributed by atoms with Crippen molar-refractivity contribution >= 4 is 40.2 Å². The molecule has 0 aliphatic heterocycles. The van der Waals surface area contributed by atoms with E-state index in [0.29, 0.717) is 5.69 Å². The topological polar surface area (TPSA) is 92.5 Å². The van der Waals surface area contributed by atoms with Crippen molar-refractivity contribution in [3.63, 3.8) is 0 Å². The molecule has 0 saturated carbocycles. The second-order valence-corrected chi connectivity index (χ2v) is 5.19. The van der Waals surface area contributed by atoms with Gasteiger partial charge in [-0.1, -0.05) is 17.7 Å². The Kier molecular flexibility index (Phi) is 3.68. The Morgan fingerprint density at radius 3 is 2.74 bits per heavy atom. The summed E-state index contributed by atoms with van der Waals surface area (Å²) in [4.78, 5) is 21.9. The summed E-state index contributed by atoms with van der Waals surface area (Å²) in [5.41, 5.74) is 0.0879. The van der Waals surface area contributed by atoms with Crippen molar-refractivity contribution in [3.8, 4) is 5.75 Å². The molecule has 2 rings (SSSR count). The zero-order chi connectivity index (χ0) is 14.0. The van der Waals surface area contributed by atoms with Gasteiger partial charge in [-0.3, -0.25) is 14.9 Å². The van der Waals surface area contributed by atoms with Gasteiger partial charge in [0, 0.05) is 17.8 Å². The summed E-state index contributed by atoms with van der Waals surface area (Å²) in [5.74, 6) is -0.515. The van der Waals surface area contributed by atoms with Crippen LogP contribution in [0.2, 0.25) is 4.34 Å². The van der Waals surface area contributed by atoms with Crippen LogP contribution in [0.1, 0.15) is 9.67 Å². The highest BCUT2D eigenvalue weighted by Gasteiger charge is 2.21. The molecule has 19 heavy (non-hydrogen) atoms. The highest BCUT2D eigenvalue weighted by Crippen LogP contribution is 2.34. The standard InChI is InChI=1S/C11H7ClN2O4S/c12-10-8(14(17)18)5-9(19-10)11(16)13-6-2-1-3-7(15)4-6/h1-5,15H,(H,13,16). The third kappa shape index (κ3) is 3.01. The Morgan fingerprint density at radius 2 is 2.16 bits per heavy atom. The van der Waals surface area contributed by atoms with Gasteiger partial charge in [0.05, 0.1) is 4.92 Å². The molecule has 0 atom stereocenters. The van der Waals surface area contributed by atoms with Crippen LogP contribution in [0.5, 0.6) is 5.75 Å². The van der Waals surface area contributed by atoms with Gasteiger partial charge in [0.25, 0.3) is 11.6 Å². The number of amides is 1. The monoisotopic (exact) mass is 298 g/mol. The lowest BCUT2D eigenvalue weighted by molar-refractivity contribution is -0.384. The minimum Gasteiger partial charge on any atom is -0.508 e. The predicted octanol–water partition coefficient (Wildman–Crippen LogP) is 3.27. The van der Waals surface area contributed by atoms with E-state index in [-0.39, 0.29) is 20.7 Å². The maximum atomic E-state index is 11.8. The first kappa shape index (κ1) is 13.3. The van der Waals surface area contributed by atoms with Gasteiger partial charge in [0.15, 0.2) is 4.34 Å². The summed E-state index contributed by atoms with van der Waals surface area (Å²) in [6.07, 6.45) is 0. The average Bonchev–Trinajstić information content (AvgIpc) is 2.71. The van der Waals surface area contributed by atoms with Gasteiger partial charge in [-0.05, 0) is 12.1 Å². The lowest BCUT2D eigenvalue weighted by Crippen LogP contribution is -2.09. The van der Waals surface area contributed by atoms with Gasteiger partial charge in [0.1, 0.15) is 10.6 Å². The van der Waals surface area contributed by atoms with E-state index in [1.807, 2.05) is 0 Å². The van der Waals surface area contributed by atoms with E-state index in [9.17, 15) is 20.0 Å². The zero-order valence-corrected chi connectivity index (χ0v) is 10.9. The van der Waals surface area contributed by atoms with Crippen LogP contribution >= 0.6 is 22.9 Å². The van der Waals surface area contributed by atoms with Crippen molar-refractivity contribution in [1.82, 2.24) is 0 Å². The molecule has 6 nitrogen and oxygen atoms in total. The molecule has 0 bridgehead atoms. The molecule has 2 N–H and O–H groups in total. The number of carbonyl (C=O) groups is 1. The summed E-state index contributed by atoms with van der Waals surface area (Å²) in [7, 11) is 0. The lowest BCUT2D eigenvalue weighted by Gasteiger charge is -2.03. The molecule has 8 heteroatoms. The van der Waals surface area contributed by atoms with E-state index in [1.165, 1.54) is 12.1 Å². The number of aromatic hydroxyl groups is 1. The van der Waals surface area contributed by atoms with Crippen molar-refractivity contribution in [1.29, 1.82) is 0 Å². The van der Waals surface area contributed by atoms with E-state index in [2.05, 4.69) is 5.32 Å². The summed E-state index contributed by atoms with van der Waals surface area (Å²) in [6, 6.07) is 7.09. The lowest BCUT2D eigenvalue weighted by atomic mass is 10.3. The largest absolute Gasteiger partial charge is 0.508 e. The number of hydrogen-bond donors (Lipinski definition) is 2. The van der Waals surface area contributed by atoms with Crippen molar-refractivity contribution in [3.05, 3.63) is 49.7 Å². The number of benzene rings is 1. The first-order valence-corrected chi connectivity index (χ1v) is 6.21. The summed E-state index contributed by atoms with van der Waals surface area (Å²) in [5, 5.41) is 22.4. The quantitative estimate of drug-likeness (QED) is 0.672. The van der Waals surface area contributed by atoms with Crippen molar-refractivity contribution in [2.45, 2.75) is 0 Å². The average molecular weight is 299 g/mol. The molecule has 2 aromatic rings. The normalized spacial score (nSPS) is 10.2. The van der Waals surface area contributed by atoms with Crippen LogP contribution in [-0.4, -0.2) is 15.9 Å². The number of nitro groups is 1. The van der Waals surface area contributed by atoms with Gasteiger partial charge in [0.2, 0.25) is 0 Å². The fraction of sp³-hybridized carbons (Fsp3) is 0. The maximum Gasteiger partial charge on any atom is 0.299 e. The number of carbonyl (C=O) groups excluding carboxylic acids is 1. The van der Waals surface area contributed by atoms with E-state index < -0.39 is 10.8 Å². The van der Waals surface area contributed by atoms with Gasteiger partial charge >= 0.3 is 0 Å². The van der Waals surface area contributed by atoms with E-state index >= 15 is 0 Å². The summed E-state index contributed by atoms with van der Waals surface area (Å²) < 4.78 is -0.0499. The van der Waals surface area contributed by atoms with E-state index in [1.54, 1.807) is 12.1 Å². The van der Waals surface area contributed by atoms with Crippen LogP contribution in [0.25, 0.3) is 0 Å². The number of nitrogens with zero attached hydrogens (tertiary/aromatic N) is 1. The number of rotatable bonds is 3. The van der Waals surface area contributed by atoms with Crippen LogP contribution in [0.3, 0.4) is 0 Å². The van der Waals surface area contributed by atoms with Crippen molar-refractivity contribution < 1.29 is 14.8 Å². The second-order valence-electron chi connectivity index (χ2n) is 3.53. The number of phenols is 1. The van der Waals surface area contributed by atoms with Gasteiger partial charge in [-0.15, -0.1) is 11.3 Å². The molecule has 0 saturated heterocycles. The van der Waals surface area contributed by atoms with Gasteiger partial charge in [-0.25, -0.2) is 0 Å². The molecule has 1 amide bonds. The Bertz CT molecular complexity index is 656. The van der Waals surface area contributed by atoms with Crippen LogP contribution in [0.4, 0.5) is 11.4 Å². The SMILES string of the molecule is O=C(Nc1cccc(O)c1)c1cc([N+](=O)[O-])c(Cl)s1. The first-order chi connectivity index (χ1) is 8.97. The number of anilines is 1. The number of phenolic OH excluding ortho intramolecular Hbond substituents is 1. The summed E-state index contributed by atoms with van der Waals surface area (Å²) in [6.45, 7) is 0. The zero-order valence-electron chi connectivity index (χ0n) is 9.29. The number of halogens is 1. The van der Waals surface area contributed by atoms with Gasteiger partial charge in [-0.2, -0.15) is 0 Å². The fourth-order valence-corrected chi connectivity index (χ4v) is 2.49. The van der Waals surface area contributed by atoms with Crippen LogP contribution in [0.15, 0.2) is 30.3 Å². The highest BCUT2D eigenvalue weighted by atomic mass is 35.5. The minimum absolute atomic E-state index is 0.00740. The third-order valence-corrected chi connectivity index (χ3v) is 3.53. The molecule has 0 radical (unpaired) electrons. The van der Waals surface area contributed by atoms with Crippen molar-refractivity contribution in [2.75, 3.05) is 5.32 Å². The molecule has 98 valence electrons. The number of hydrogen-bond acceptors (Lipinski definition) is 5. The van der Waals surface area contributed by atoms with Crippen LogP contribution < -0.4 is 5.32 Å². The molecule has 0 spiro atoms. The van der Waals surface area contributed by atoms with Crippen LogP contribution in [-0.2, 0) is 0 Å². The molecule has 1 heterocycles. The number of nitrogens with one attached hydrogen (secondary N) is 1.